The monoisotopic (exact) mass is 419 g/mol. The molecular formula is C20H22FN3O4S. The van der Waals surface area contributed by atoms with Crippen molar-refractivity contribution in [2.24, 2.45) is 0 Å². The topological polar surface area (TPSA) is 86.8 Å². The summed E-state index contributed by atoms with van der Waals surface area (Å²) in [6.07, 6.45) is 0.183. The lowest BCUT2D eigenvalue weighted by atomic mass is 10.1. The Morgan fingerprint density at radius 1 is 0.931 bits per heavy atom. The van der Waals surface area contributed by atoms with Crippen LogP contribution in [-0.4, -0.2) is 62.2 Å². The first kappa shape index (κ1) is 20.9. The van der Waals surface area contributed by atoms with Gasteiger partial charge in [-0.2, -0.15) is 4.31 Å². The van der Waals surface area contributed by atoms with Gasteiger partial charge in [0, 0.05) is 26.2 Å². The van der Waals surface area contributed by atoms with E-state index >= 15 is 0 Å². The first-order chi connectivity index (χ1) is 13.9. The van der Waals surface area contributed by atoms with Crippen molar-refractivity contribution in [1.82, 2.24) is 14.5 Å². The first-order valence-corrected chi connectivity index (χ1v) is 10.6. The van der Waals surface area contributed by atoms with Crippen LogP contribution in [0.4, 0.5) is 4.39 Å². The molecule has 1 heterocycles. The van der Waals surface area contributed by atoms with Crippen LogP contribution in [0.2, 0.25) is 0 Å². The molecule has 2 aromatic carbocycles. The highest BCUT2D eigenvalue weighted by molar-refractivity contribution is 7.89. The zero-order chi connectivity index (χ0) is 20.9. The normalized spacial score (nSPS) is 15.1. The lowest BCUT2D eigenvalue weighted by Gasteiger charge is -2.34. The van der Waals surface area contributed by atoms with E-state index in [1.54, 1.807) is 0 Å². The third-order valence-electron chi connectivity index (χ3n) is 4.69. The Balaban J connectivity index is 1.49. The Kier molecular flexibility index (Phi) is 6.60. The number of piperazine rings is 1. The molecule has 0 saturated carbocycles. The Morgan fingerprint density at radius 3 is 2.21 bits per heavy atom. The van der Waals surface area contributed by atoms with Crippen LogP contribution in [0.1, 0.15) is 5.56 Å². The number of benzene rings is 2. The predicted molar refractivity (Wildman–Crippen MR) is 105 cm³/mol. The van der Waals surface area contributed by atoms with E-state index in [9.17, 15) is 22.4 Å². The van der Waals surface area contributed by atoms with E-state index in [0.717, 1.165) is 11.6 Å². The van der Waals surface area contributed by atoms with Gasteiger partial charge < -0.3 is 10.2 Å². The van der Waals surface area contributed by atoms with Crippen molar-refractivity contribution < 1.29 is 22.4 Å². The lowest BCUT2D eigenvalue weighted by molar-refractivity contribution is -0.133. The highest BCUT2D eigenvalue weighted by Gasteiger charge is 2.31. The van der Waals surface area contributed by atoms with E-state index in [-0.39, 0.29) is 55.9 Å². The van der Waals surface area contributed by atoms with Gasteiger partial charge in [-0.25, -0.2) is 12.8 Å². The highest BCUT2D eigenvalue weighted by Crippen LogP contribution is 2.20. The van der Waals surface area contributed by atoms with Gasteiger partial charge in [-0.15, -0.1) is 0 Å². The van der Waals surface area contributed by atoms with Crippen LogP contribution in [0, 0.1) is 5.82 Å². The molecule has 9 heteroatoms. The maximum atomic E-state index is 13.9. The summed E-state index contributed by atoms with van der Waals surface area (Å²) in [5, 5.41) is 2.59. The summed E-state index contributed by atoms with van der Waals surface area (Å²) in [4.78, 5) is 25.4. The molecule has 1 saturated heterocycles. The van der Waals surface area contributed by atoms with Crippen LogP contribution in [0.15, 0.2) is 59.5 Å². The van der Waals surface area contributed by atoms with Crippen LogP contribution in [-0.2, 0) is 26.0 Å². The minimum Gasteiger partial charge on any atom is -0.347 e. The number of nitrogens with zero attached hydrogens (tertiary/aromatic N) is 2. The average molecular weight is 419 g/mol. The second-order valence-electron chi connectivity index (χ2n) is 6.65. The smallest absolute Gasteiger partial charge is 0.246 e. The van der Waals surface area contributed by atoms with Crippen molar-refractivity contribution in [3.8, 4) is 0 Å². The number of rotatable bonds is 6. The van der Waals surface area contributed by atoms with E-state index in [1.165, 1.54) is 27.4 Å². The summed E-state index contributed by atoms with van der Waals surface area (Å²) in [6, 6.07) is 14.4. The zero-order valence-electron chi connectivity index (χ0n) is 15.8. The molecule has 3 rings (SSSR count). The Labute approximate surface area is 169 Å². The number of sulfonamides is 1. The average Bonchev–Trinajstić information content (AvgIpc) is 2.73. The fourth-order valence-electron chi connectivity index (χ4n) is 3.10. The van der Waals surface area contributed by atoms with Crippen LogP contribution in [0.3, 0.4) is 0 Å². The van der Waals surface area contributed by atoms with Gasteiger partial charge in [-0.1, -0.05) is 42.5 Å². The summed E-state index contributed by atoms with van der Waals surface area (Å²) >= 11 is 0. The summed E-state index contributed by atoms with van der Waals surface area (Å²) in [5.74, 6) is -1.34. The van der Waals surface area contributed by atoms with E-state index in [0.29, 0.717) is 0 Å². The van der Waals surface area contributed by atoms with Crippen molar-refractivity contribution in [3.63, 3.8) is 0 Å². The Morgan fingerprint density at radius 2 is 1.55 bits per heavy atom. The predicted octanol–water partition coefficient (Wildman–Crippen LogP) is 1.02. The third kappa shape index (κ3) is 5.18. The molecule has 1 fully saturated rings. The summed E-state index contributed by atoms with van der Waals surface area (Å²) in [5.41, 5.74) is 0.851. The Hall–Kier alpha value is -2.78. The van der Waals surface area contributed by atoms with Gasteiger partial charge in [0.15, 0.2) is 0 Å². The number of carbonyl (C=O) groups is 2. The maximum Gasteiger partial charge on any atom is 0.246 e. The van der Waals surface area contributed by atoms with Gasteiger partial charge in [0.25, 0.3) is 0 Å². The van der Waals surface area contributed by atoms with E-state index < -0.39 is 15.8 Å². The van der Waals surface area contributed by atoms with Crippen LogP contribution < -0.4 is 5.32 Å². The summed E-state index contributed by atoms with van der Waals surface area (Å²) < 4.78 is 40.2. The molecular weight excluding hydrogens is 397 g/mol. The van der Waals surface area contributed by atoms with Crippen LogP contribution >= 0.6 is 0 Å². The molecule has 2 amide bonds. The van der Waals surface area contributed by atoms with Crippen molar-refractivity contribution >= 4 is 21.8 Å². The second kappa shape index (κ2) is 9.15. The van der Waals surface area contributed by atoms with E-state index in [4.69, 9.17) is 0 Å². The minimum atomic E-state index is -3.95. The number of halogens is 1. The molecule has 0 spiro atoms. The van der Waals surface area contributed by atoms with Crippen molar-refractivity contribution in [2.45, 2.75) is 11.3 Å². The molecule has 0 unspecified atom stereocenters. The molecule has 0 aliphatic carbocycles. The van der Waals surface area contributed by atoms with Gasteiger partial charge in [0.05, 0.1) is 13.0 Å². The molecule has 1 N–H and O–H groups in total. The first-order valence-electron chi connectivity index (χ1n) is 9.21. The second-order valence-corrected chi connectivity index (χ2v) is 8.56. The fraction of sp³-hybridized carbons (Fsp3) is 0.300. The minimum absolute atomic E-state index is 0.0698. The molecule has 154 valence electrons. The molecule has 29 heavy (non-hydrogen) atoms. The Bertz CT molecular complexity index is 974. The number of hydrogen-bond donors (Lipinski definition) is 1. The fourth-order valence-corrected chi connectivity index (χ4v) is 4.59. The van der Waals surface area contributed by atoms with Gasteiger partial charge in [-0.3, -0.25) is 9.59 Å². The molecule has 7 nitrogen and oxygen atoms in total. The number of carbonyl (C=O) groups excluding carboxylic acids is 2. The molecule has 0 aromatic heterocycles. The molecule has 2 aromatic rings. The lowest BCUT2D eigenvalue weighted by Crippen LogP contribution is -2.52. The van der Waals surface area contributed by atoms with Crippen LogP contribution in [0.25, 0.3) is 0 Å². The largest absolute Gasteiger partial charge is 0.347 e. The molecule has 1 aliphatic rings. The number of amides is 2. The van der Waals surface area contributed by atoms with E-state index in [2.05, 4.69) is 5.32 Å². The summed E-state index contributed by atoms with van der Waals surface area (Å²) in [6.45, 7) is 0.356. The molecule has 0 radical (unpaired) electrons. The van der Waals surface area contributed by atoms with Gasteiger partial charge in [-0.05, 0) is 17.7 Å². The number of nitrogens with one attached hydrogen (secondary N) is 1. The molecule has 0 atom stereocenters. The van der Waals surface area contributed by atoms with Gasteiger partial charge in [0.2, 0.25) is 21.8 Å². The summed E-state index contributed by atoms with van der Waals surface area (Å²) in [7, 11) is -3.95. The SMILES string of the molecule is O=C(Cc1ccccc1)NCC(=O)N1CCN(S(=O)(=O)c2ccccc2F)CC1. The number of hydrogen-bond acceptors (Lipinski definition) is 4. The zero-order valence-corrected chi connectivity index (χ0v) is 16.6. The molecule has 0 bridgehead atoms. The van der Waals surface area contributed by atoms with Gasteiger partial charge in [0.1, 0.15) is 10.7 Å². The third-order valence-corrected chi connectivity index (χ3v) is 6.62. The highest BCUT2D eigenvalue weighted by atomic mass is 32.2. The van der Waals surface area contributed by atoms with Crippen LogP contribution in [0.5, 0.6) is 0 Å². The van der Waals surface area contributed by atoms with Crippen molar-refractivity contribution in [2.75, 3.05) is 32.7 Å². The van der Waals surface area contributed by atoms with E-state index in [1.807, 2.05) is 30.3 Å². The van der Waals surface area contributed by atoms with Crippen molar-refractivity contribution in [1.29, 1.82) is 0 Å². The van der Waals surface area contributed by atoms with Crippen molar-refractivity contribution in [3.05, 3.63) is 66.0 Å². The quantitative estimate of drug-likeness (QED) is 0.757. The molecule has 1 aliphatic heterocycles. The maximum absolute atomic E-state index is 13.9. The van der Waals surface area contributed by atoms with Gasteiger partial charge >= 0.3 is 0 Å². The standard InChI is InChI=1S/C20H22FN3O4S/c21-17-8-4-5-9-18(17)29(27,28)24-12-10-23(11-13-24)20(26)15-22-19(25)14-16-6-2-1-3-7-16/h1-9H,10-15H2,(H,22,25).